The zero-order valence-electron chi connectivity index (χ0n) is 31.2. The molecule has 49 heavy (non-hydrogen) atoms. The average molecular weight is 689 g/mol. The second kappa shape index (κ2) is 12.8. The first kappa shape index (κ1) is 36.0. The zero-order chi connectivity index (χ0) is 35.6. The van der Waals surface area contributed by atoms with Crippen molar-refractivity contribution in [3.8, 4) is 11.5 Å². The molecule has 4 aliphatic rings. The van der Waals surface area contributed by atoms with Crippen molar-refractivity contribution in [2.24, 2.45) is 34.5 Å². The fraction of sp³-hybridized carbons (Fsp3) is 0.610. The molecule has 1 spiro atoms. The molecule has 0 aromatic heterocycles. The number of allylic oxidation sites excluding steroid dienone is 1. The second-order valence-corrected chi connectivity index (χ2v) is 21.9. The number of fused-ring (bicyclic) bond motifs is 3. The van der Waals surface area contributed by atoms with E-state index in [2.05, 4.69) is 60.7 Å². The summed E-state index contributed by atoms with van der Waals surface area (Å²) < 4.78 is 30.9. The van der Waals surface area contributed by atoms with E-state index in [1.54, 1.807) is 14.2 Å². The van der Waals surface area contributed by atoms with Crippen molar-refractivity contribution < 1.29 is 33.0 Å². The van der Waals surface area contributed by atoms with Crippen LogP contribution >= 0.6 is 0 Å². The Morgan fingerprint density at radius 2 is 1.41 bits per heavy atom. The number of carbonyl (C=O) groups is 2. The number of hydrogen-bond donors (Lipinski definition) is 0. The Bertz CT molecular complexity index is 1590. The molecule has 8 heteroatoms. The molecule has 3 fully saturated rings. The molecule has 0 N–H and O–H groups in total. The third kappa shape index (κ3) is 6.04. The first-order chi connectivity index (χ1) is 23.0. The summed E-state index contributed by atoms with van der Waals surface area (Å²) in [5.41, 5.74) is 1.13. The number of ether oxygens (including phenoxy) is 4. The van der Waals surface area contributed by atoms with Crippen LogP contribution < -0.4 is 9.47 Å². The van der Waals surface area contributed by atoms with E-state index in [9.17, 15) is 4.79 Å². The van der Waals surface area contributed by atoms with Crippen LogP contribution in [0.3, 0.4) is 0 Å². The van der Waals surface area contributed by atoms with Crippen molar-refractivity contribution in [3.05, 3.63) is 71.3 Å². The lowest BCUT2D eigenvalue weighted by Crippen LogP contribution is -2.48. The van der Waals surface area contributed by atoms with Crippen LogP contribution in [0.25, 0.3) is 0 Å². The van der Waals surface area contributed by atoms with E-state index < -0.39 is 25.3 Å². The summed E-state index contributed by atoms with van der Waals surface area (Å²) in [6, 6.07) is 15.7. The number of methoxy groups -OCH3 is 2. The minimum atomic E-state index is -2.26. The first-order valence-corrected chi connectivity index (χ1v) is 20.9. The SMILES string of the molecule is COc1ccc(COCC2=C[C@@H]3CC(OCc4ccc(OC)cc4)C[C@]34C(=O)[C@@H](C2=O)[C@@H]2C(C)(C)[C@]2(O[Si](C)(C)C(C)(C)C)C[C@H]4C)cc1. The predicted octanol–water partition coefficient (Wildman–Crippen LogP) is 8.35. The lowest BCUT2D eigenvalue weighted by atomic mass is 9.62. The molecule has 0 heterocycles. The van der Waals surface area contributed by atoms with Crippen LogP contribution in [0.15, 0.2) is 60.2 Å². The zero-order valence-corrected chi connectivity index (χ0v) is 32.2. The topological polar surface area (TPSA) is 80.3 Å². The van der Waals surface area contributed by atoms with E-state index in [4.69, 9.17) is 23.4 Å². The molecule has 0 saturated heterocycles. The molecule has 7 nitrogen and oxygen atoms in total. The smallest absolute Gasteiger partial charge is 0.192 e. The number of hydrogen-bond acceptors (Lipinski definition) is 7. The van der Waals surface area contributed by atoms with Gasteiger partial charge in [-0.25, -0.2) is 0 Å². The van der Waals surface area contributed by atoms with Gasteiger partial charge in [-0.2, -0.15) is 0 Å². The first-order valence-electron chi connectivity index (χ1n) is 18.0. The van der Waals surface area contributed by atoms with Gasteiger partial charge in [0, 0.05) is 16.9 Å². The number of rotatable bonds is 11. The van der Waals surface area contributed by atoms with E-state index in [1.165, 1.54) is 0 Å². The molecule has 0 radical (unpaired) electrons. The van der Waals surface area contributed by atoms with Crippen LogP contribution in [-0.2, 0) is 36.7 Å². The van der Waals surface area contributed by atoms with Gasteiger partial charge in [-0.3, -0.25) is 9.59 Å². The molecule has 0 amide bonds. The van der Waals surface area contributed by atoms with Crippen molar-refractivity contribution in [2.75, 3.05) is 20.8 Å². The Balaban J connectivity index is 1.34. The van der Waals surface area contributed by atoms with Crippen LogP contribution in [0.4, 0.5) is 0 Å². The Kier molecular flexibility index (Phi) is 9.38. The maximum atomic E-state index is 15.3. The van der Waals surface area contributed by atoms with Gasteiger partial charge < -0.3 is 23.4 Å². The maximum absolute atomic E-state index is 15.3. The fourth-order valence-electron chi connectivity index (χ4n) is 9.25. The molecule has 7 atom stereocenters. The van der Waals surface area contributed by atoms with Crippen molar-refractivity contribution in [3.63, 3.8) is 0 Å². The van der Waals surface area contributed by atoms with Crippen LogP contribution in [0.5, 0.6) is 11.5 Å². The van der Waals surface area contributed by atoms with Gasteiger partial charge in [-0.15, -0.1) is 0 Å². The van der Waals surface area contributed by atoms with E-state index in [0.29, 0.717) is 31.6 Å². The number of ketones is 2. The van der Waals surface area contributed by atoms with Crippen molar-refractivity contribution in [1.29, 1.82) is 0 Å². The van der Waals surface area contributed by atoms with Crippen molar-refractivity contribution in [2.45, 2.75) is 104 Å². The molecule has 4 aliphatic carbocycles. The van der Waals surface area contributed by atoms with Gasteiger partial charge in [-0.1, -0.05) is 71.9 Å². The van der Waals surface area contributed by atoms with Gasteiger partial charge >= 0.3 is 0 Å². The van der Waals surface area contributed by atoms with E-state index in [0.717, 1.165) is 29.0 Å². The molecule has 2 aromatic carbocycles. The van der Waals surface area contributed by atoms with E-state index in [1.807, 2.05) is 48.5 Å². The Labute approximate surface area is 294 Å². The minimum Gasteiger partial charge on any atom is -0.497 e. The summed E-state index contributed by atoms with van der Waals surface area (Å²) in [4.78, 5) is 30.1. The molecule has 3 saturated carbocycles. The number of carbonyl (C=O) groups excluding carboxylic acids is 2. The van der Waals surface area contributed by atoms with Crippen molar-refractivity contribution >= 4 is 19.9 Å². The predicted molar refractivity (Wildman–Crippen MR) is 193 cm³/mol. The second-order valence-electron chi connectivity index (χ2n) is 17.2. The quantitative estimate of drug-likeness (QED) is 0.173. The molecule has 1 unspecified atom stereocenters. The van der Waals surface area contributed by atoms with Gasteiger partial charge in [0.2, 0.25) is 0 Å². The monoisotopic (exact) mass is 688 g/mol. The summed E-state index contributed by atoms with van der Waals surface area (Å²) in [6.07, 6.45) is 4.07. The highest BCUT2D eigenvalue weighted by Crippen LogP contribution is 2.76. The molecule has 266 valence electrons. The number of Topliss-reactive ketones (excluding diaryl/α,β-unsaturated/α-hetero) is 2. The minimum absolute atomic E-state index is 0.00454. The van der Waals surface area contributed by atoms with Gasteiger partial charge in [0.1, 0.15) is 11.5 Å². The largest absolute Gasteiger partial charge is 0.497 e. The third-order valence-corrected chi connectivity index (χ3v) is 17.7. The summed E-state index contributed by atoms with van der Waals surface area (Å²) in [7, 11) is 1.05. The summed E-state index contributed by atoms with van der Waals surface area (Å²) in [5, 5.41) is -0.00454. The third-order valence-electron chi connectivity index (χ3n) is 13.2. The molecular weight excluding hydrogens is 633 g/mol. The Hall–Kier alpha value is -2.78. The Morgan fingerprint density at radius 1 is 0.837 bits per heavy atom. The van der Waals surface area contributed by atoms with E-state index >= 15 is 4.79 Å². The molecule has 2 aromatic rings. The fourth-order valence-corrected chi connectivity index (χ4v) is 10.9. The molecular formula is C41H56O7Si. The highest BCUT2D eigenvalue weighted by atomic mass is 28.4. The van der Waals surface area contributed by atoms with E-state index in [-0.39, 0.29) is 52.5 Å². The summed E-state index contributed by atoms with van der Waals surface area (Å²) >= 11 is 0. The molecule has 6 rings (SSSR count). The van der Waals surface area contributed by atoms with Gasteiger partial charge in [0.25, 0.3) is 0 Å². The standard InChI is InChI=1S/C41H56O7Si/c1-26-21-41(48-49(9,10)38(2,3)4)36(39(41,5)6)34-35(42)29(25-46-23-27-11-15-31(44-7)16-12-27)19-30-20-33(22-40(26,30)37(34)43)47-24-28-13-17-32(45-8)18-14-28/h11-19,26,30,33-34,36H,20-25H2,1-10H3/t26-,30-,33?,34+,36-,40-,41+/m1/s1. The lowest BCUT2D eigenvalue weighted by molar-refractivity contribution is -0.142. The average Bonchev–Trinajstić information content (AvgIpc) is 3.33. The van der Waals surface area contributed by atoms with Crippen LogP contribution in [0, 0.1) is 34.5 Å². The highest BCUT2D eigenvalue weighted by molar-refractivity contribution is 6.74. The molecule has 2 bridgehead atoms. The van der Waals surface area contributed by atoms with Gasteiger partial charge in [0.05, 0.1) is 51.7 Å². The molecule has 0 aliphatic heterocycles. The van der Waals surface area contributed by atoms with Crippen molar-refractivity contribution in [1.82, 2.24) is 0 Å². The van der Waals surface area contributed by atoms with Crippen LogP contribution in [0.2, 0.25) is 18.1 Å². The van der Waals surface area contributed by atoms with Crippen LogP contribution in [0.1, 0.15) is 71.9 Å². The van der Waals surface area contributed by atoms with Gasteiger partial charge in [0.15, 0.2) is 19.9 Å². The number of benzene rings is 2. The summed E-state index contributed by atoms with van der Waals surface area (Å²) in [5.74, 6) is 0.580. The summed E-state index contributed by atoms with van der Waals surface area (Å²) in [6.45, 7) is 19.0. The van der Waals surface area contributed by atoms with Gasteiger partial charge in [-0.05, 0) is 90.0 Å². The Morgan fingerprint density at radius 3 is 1.96 bits per heavy atom. The highest BCUT2D eigenvalue weighted by Gasteiger charge is 2.81. The maximum Gasteiger partial charge on any atom is 0.192 e. The lowest BCUT2D eigenvalue weighted by Gasteiger charge is -2.44. The normalized spacial score (nSPS) is 32.0. The van der Waals surface area contributed by atoms with Crippen LogP contribution in [-0.4, -0.2) is 52.4 Å².